The van der Waals surface area contributed by atoms with Crippen LogP contribution in [0.25, 0.3) is 0 Å². The van der Waals surface area contributed by atoms with Crippen LogP contribution in [0.1, 0.15) is 25.8 Å². The average molecular weight is 280 g/mol. The Morgan fingerprint density at radius 1 is 1.35 bits per heavy atom. The first-order valence-corrected chi connectivity index (χ1v) is 6.68. The maximum absolute atomic E-state index is 11.5. The number of nitro groups is 1. The van der Waals surface area contributed by atoms with E-state index in [0.717, 1.165) is 6.42 Å². The molecular formula is C14H20N2O4. The van der Waals surface area contributed by atoms with E-state index in [1.165, 1.54) is 6.07 Å². The zero-order chi connectivity index (χ0) is 15.0. The first-order valence-electron chi connectivity index (χ1n) is 6.68. The lowest BCUT2D eigenvalue weighted by molar-refractivity contribution is -0.385. The van der Waals surface area contributed by atoms with Crippen LogP contribution in [-0.4, -0.2) is 35.5 Å². The Bertz CT molecular complexity index is 462. The maximum Gasteiger partial charge on any atom is 0.320 e. The van der Waals surface area contributed by atoms with Crippen LogP contribution >= 0.6 is 0 Å². The Labute approximate surface area is 118 Å². The first kappa shape index (κ1) is 16.1. The van der Waals surface area contributed by atoms with Gasteiger partial charge in [-0.25, -0.2) is 0 Å². The number of nitro benzene ring substituents is 1. The number of nitrogens with zero attached hydrogens (tertiary/aromatic N) is 2. The largest absolute Gasteiger partial charge is 0.465 e. The van der Waals surface area contributed by atoms with E-state index in [4.69, 9.17) is 4.74 Å². The molecule has 0 N–H and O–H groups in total. The molecule has 1 aromatic rings. The monoisotopic (exact) mass is 280 g/mol. The third-order valence-corrected chi connectivity index (χ3v) is 2.78. The maximum atomic E-state index is 11.5. The van der Waals surface area contributed by atoms with Crippen LogP contribution in [0.2, 0.25) is 0 Å². The summed E-state index contributed by atoms with van der Waals surface area (Å²) in [5, 5.41) is 11.0. The van der Waals surface area contributed by atoms with Crippen LogP contribution in [0, 0.1) is 10.1 Å². The van der Waals surface area contributed by atoms with E-state index < -0.39 is 4.92 Å². The second-order valence-electron chi connectivity index (χ2n) is 4.40. The number of esters is 1. The average Bonchev–Trinajstić information content (AvgIpc) is 2.39. The van der Waals surface area contributed by atoms with E-state index in [2.05, 4.69) is 0 Å². The van der Waals surface area contributed by atoms with Crippen molar-refractivity contribution in [1.82, 2.24) is 4.90 Å². The van der Waals surface area contributed by atoms with Gasteiger partial charge in [0.1, 0.15) is 0 Å². The lowest BCUT2D eigenvalue weighted by Crippen LogP contribution is -2.31. The molecule has 0 aliphatic heterocycles. The van der Waals surface area contributed by atoms with Crippen molar-refractivity contribution < 1.29 is 14.5 Å². The highest BCUT2D eigenvalue weighted by Gasteiger charge is 2.17. The fraction of sp³-hybridized carbons (Fsp3) is 0.500. The summed E-state index contributed by atoms with van der Waals surface area (Å²) in [5.41, 5.74) is 0.688. The van der Waals surface area contributed by atoms with Gasteiger partial charge in [0.05, 0.1) is 18.1 Å². The SMILES string of the molecule is CCCN(CC(=O)OCC)Cc1ccccc1[N+](=O)[O-]. The second-order valence-corrected chi connectivity index (χ2v) is 4.40. The molecule has 20 heavy (non-hydrogen) atoms. The predicted octanol–water partition coefficient (Wildman–Crippen LogP) is 2.37. The van der Waals surface area contributed by atoms with E-state index in [9.17, 15) is 14.9 Å². The number of benzene rings is 1. The molecule has 0 unspecified atom stereocenters. The Morgan fingerprint density at radius 3 is 2.65 bits per heavy atom. The fourth-order valence-electron chi connectivity index (χ4n) is 1.98. The summed E-state index contributed by atoms with van der Waals surface area (Å²) >= 11 is 0. The number of carbonyl (C=O) groups excluding carboxylic acids is 1. The summed E-state index contributed by atoms with van der Waals surface area (Å²) in [6, 6.07) is 6.59. The van der Waals surface area contributed by atoms with Gasteiger partial charge in [-0.15, -0.1) is 0 Å². The normalized spacial score (nSPS) is 10.6. The number of hydrogen-bond donors (Lipinski definition) is 0. The number of hydrogen-bond acceptors (Lipinski definition) is 5. The lowest BCUT2D eigenvalue weighted by Gasteiger charge is -2.20. The lowest BCUT2D eigenvalue weighted by atomic mass is 10.1. The van der Waals surface area contributed by atoms with Crippen molar-refractivity contribution in [3.63, 3.8) is 0 Å². The first-order chi connectivity index (χ1) is 9.58. The van der Waals surface area contributed by atoms with Crippen molar-refractivity contribution >= 4 is 11.7 Å². The molecule has 0 saturated carbocycles. The molecule has 0 heterocycles. The molecule has 0 aromatic heterocycles. The second kappa shape index (κ2) is 8.27. The summed E-state index contributed by atoms with van der Waals surface area (Å²) in [6.45, 7) is 5.29. The van der Waals surface area contributed by atoms with Gasteiger partial charge in [0.15, 0.2) is 0 Å². The van der Waals surface area contributed by atoms with Gasteiger partial charge in [0.2, 0.25) is 0 Å². The molecular weight excluding hydrogens is 260 g/mol. The van der Waals surface area contributed by atoms with E-state index in [1.807, 2.05) is 11.8 Å². The molecule has 110 valence electrons. The van der Waals surface area contributed by atoms with E-state index >= 15 is 0 Å². The molecule has 1 rings (SSSR count). The van der Waals surface area contributed by atoms with E-state index in [1.54, 1.807) is 25.1 Å². The van der Waals surface area contributed by atoms with Gasteiger partial charge >= 0.3 is 5.97 Å². The van der Waals surface area contributed by atoms with Gasteiger partial charge in [0, 0.05) is 18.2 Å². The summed E-state index contributed by atoms with van der Waals surface area (Å²) < 4.78 is 4.92. The van der Waals surface area contributed by atoms with Gasteiger partial charge in [-0.1, -0.05) is 25.1 Å². The minimum Gasteiger partial charge on any atom is -0.465 e. The Balaban J connectivity index is 2.79. The van der Waals surface area contributed by atoms with Crippen molar-refractivity contribution in [2.75, 3.05) is 19.7 Å². The van der Waals surface area contributed by atoms with Gasteiger partial charge in [-0.3, -0.25) is 19.8 Å². The van der Waals surface area contributed by atoms with E-state index in [-0.39, 0.29) is 18.2 Å². The number of rotatable bonds is 8. The molecule has 0 bridgehead atoms. The highest BCUT2D eigenvalue weighted by molar-refractivity contribution is 5.71. The summed E-state index contributed by atoms with van der Waals surface area (Å²) in [6.07, 6.45) is 0.861. The fourth-order valence-corrected chi connectivity index (χ4v) is 1.98. The van der Waals surface area contributed by atoms with Crippen molar-refractivity contribution in [3.05, 3.63) is 39.9 Å². The van der Waals surface area contributed by atoms with Crippen molar-refractivity contribution in [1.29, 1.82) is 0 Å². The standard InChI is InChI=1S/C14H20N2O4/c1-3-9-15(11-14(17)20-4-2)10-12-7-5-6-8-13(12)16(18)19/h5-8H,3-4,9-11H2,1-2H3. The molecule has 0 fully saturated rings. The third kappa shape index (κ3) is 4.97. The van der Waals surface area contributed by atoms with E-state index in [0.29, 0.717) is 25.3 Å². The highest BCUT2D eigenvalue weighted by Crippen LogP contribution is 2.19. The molecule has 1 aromatic carbocycles. The van der Waals surface area contributed by atoms with Gasteiger partial charge in [-0.05, 0) is 19.9 Å². The number of ether oxygens (including phenoxy) is 1. The third-order valence-electron chi connectivity index (χ3n) is 2.78. The topological polar surface area (TPSA) is 72.7 Å². The summed E-state index contributed by atoms with van der Waals surface area (Å²) in [4.78, 5) is 24.0. The molecule has 0 aliphatic rings. The van der Waals surface area contributed by atoms with Crippen LogP contribution < -0.4 is 0 Å². The molecule has 0 spiro atoms. The molecule has 6 nitrogen and oxygen atoms in total. The molecule has 0 amide bonds. The smallest absolute Gasteiger partial charge is 0.320 e. The van der Waals surface area contributed by atoms with Crippen LogP contribution in [0.15, 0.2) is 24.3 Å². The number of carbonyl (C=O) groups is 1. The number of para-hydroxylation sites is 1. The highest BCUT2D eigenvalue weighted by atomic mass is 16.6. The quantitative estimate of drug-likeness (QED) is 0.415. The Kier molecular flexibility index (Phi) is 6.66. The van der Waals surface area contributed by atoms with Gasteiger partial charge in [0.25, 0.3) is 5.69 Å². The molecule has 0 aliphatic carbocycles. The molecule has 6 heteroatoms. The van der Waals surface area contributed by atoms with Crippen molar-refractivity contribution in [3.8, 4) is 0 Å². The minimum atomic E-state index is -0.399. The van der Waals surface area contributed by atoms with Crippen LogP contribution in [0.4, 0.5) is 5.69 Å². The molecule has 0 atom stereocenters. The summed E-state index contributed by atoms with van der Waals surface area (Å²) in [5.74, 6) is -0.306. The predicted molar refractivity (Wildman–Crippen MR) is 75.3 cm³/mol. The Hall–Kier alpha value is -1.95. The van der Waals surface area contributed by atoms with Crippen LogP contribution in [0.3, 0.4) is 0 Å². The molecule has 0 radical (unpaired) electrons. The van der Waals surface area contributed by atoms with Crippen molar-refractivity contribution in [2.24, 2.45) is 0 Å². The Morgan fingerprint density at radius 2 is 2.05 bits per heavy atom. The van der Waals surface area contributed by atoms with Gasteiger partial charge < -0.3 is 4.74 Å². The minimum absolute atomic E-state index is 0.0810. The van der Waals surface area contributed by atoms with Crippen LogP contribution in [-0.2, 0) is 16.1 Å². The van der Waals surface area contributed by atoms with Gasteiger partial charge in [-0.2, -0.15) is 0 Å². The zero-order valence-corrected chi connectivity index (χ0v) is 11.9. The van der Waals surface area contributed by atoms with Crippen molar-refractivity contribution in [2.45, 2.75) is 26.8 Å². The summed E-state index contributed by atoms with van der Waals surface area (Å²) in [7, 11) is 0. The zero-order valence-electron chi connectivity index (χ0n) is 11.9. The molecule has 0 saturated heterocycles. The van der Waals surface area contributed by atoms with Crippen LogP contribution in [0.5, 0.6) is 0 Å².